The molecule has 0 bridgehead atoms. The van der Waals surface area contributed by atoms with E-state index in [1.54, 1.807) is 12.1 Å². The summed E-state index contributed by atoms with van der Waals surface area (Å²) in [7, 11) is 1.46. The number of aryl methyl sites for hydroxylation is 1. The molecule has 0 saturated carbocycles. The lowest BCUT2D eigenvalue weighted by Crippen LogP contribution is -2.54. The third-order valence-corrected chi connectivity index (χ3v) is 5.90. The van der Waals surface area contributed by atoms with Gasteiger partial charge in [0.15, 0.2) is 0 Å². The molecule has 7 nitrogen and oxygen atoms in total. The Balaban J connectivity index is 1.75. The summed E-state index contributed by atoms with van der Waals surface area (Å²) in [6, 6.07) is 12.8. The van der Waals surface area contributed by atoms with Crippen molar-refractivity contribution < 1.29 is 19.1 Å². The van der Waals surface area contributed by atoms with Crippen LogP contribution in [0.3, 0.4) is 0 Å². The Morgan fingerprint density at radius 1 is 0.939 bits per heavy atom. The third-order valence-electron chi connectivity index (χ3n) is 5.35. The van der Waals surface area contributed by atoms with E-state index in [1.807, 2.05) is 36.6 Å². The molecule has 0 aliphatic carbocycles. The van der Waals surface area contributed by atoms with Crippen molar-refractivity contribution in [2.75, 3.05) is 12.0 Å². The summed E-state index contributed by atoms with van der Waals surface area (Å²) in [4.78, 5) is 39.1. The number of aromatic nitrogens is 1. The van der Waals surface area contributed by atoms with Crippen molar-refractivity contribution >= 4 is 52.8 Å². The van der Waals surface area contributed by atoms with Crippen molar-refractivity contribution in [3.05, 3.63) is 81.1 Å². The summed E-state index contributed by atoms with van der Waals surface area (Å²) >= 11 is 12.2. The molecule has 3 aromatic rings. The van der Waals surface area contributed by atoms with Gasteiger partial charge in [-0.3, -0.25) is 14.9 Å². The normalized spacial score (nSPS) is 15.2. The number of nitrogens with zero attached hydrogens (tertiary/aromatic N) is 2. The molecule has 4 amide bonds. The van der Waals surface area contributed by atoms with E-state index in [-0.39, 0.29) is 16.3 Å². The van der Waals surface area contributed by atoms with E-state index in [2.05, 4.69) is 5.32 Å². The predicted octanol–water partition coefficient (Wildman–Crippen LogP) is 5.08. The van der Waals surface area contributed by atoms with Crippen molar-refractivity contribution in [2.45, 2.75) is 13.8 Å². The minimum absolute atomic E-state index is 0.169. The molecule has 0 atom stereocenters. The second-order valence-corrected chi connectivity index (χ2v) is 8.26. The highest BCUT2D eigenvalue weighted by atomic mass is 35.5. The molecule has 33 heavy (non-hydrogen) atoms. The minimum Gasteiger partial charge on any atom is -0.495 e. The van der Waals surface area contributed by atoms with Crippen LogP contribution in [0.1, 0.15) is 17.0 Å². The van der Waals surface area contributed by atoms with Crippen molar-refractivity contribution in [1.29, 1.82) is 0 Å². The van der Waals surface area contributed by atoms with Crippen molar-refractivity contribution in [2.24, 2.45) is 0 Å². The average Bonchev–Trinajstić information content (AvgIpc) is 3.04. The van der Waals surface area contributed by atoms with E-state index < -0.39 is 17.8 Å². The highest BCUT2D eigenvalue weighted by molar-refractivity contribution is 6.39. The Labute approximate surface area is 200 Å². The molecule has 1 aromatic heterocycles. The third kappa shape index (κ3) is 4.13. The highest BCUT2D eigenvalue weighted by Gasteiger charge is 2.37. The van der Waals surface area contributed by atoms with Gasteiger partial charge < -0.3 is 9.30 Å². The summed E-state index contributed by atoms with van der Waals surface area (Å²) in [5, 5.41) is 3.07. The SMILES string of the molecule is COc1ccc(N2C(=O)NC(=O)/C(=C/c3cc(C)n(-c4ccc(Cl)cc4)c3C)C2=O)cc1Cl. The Kier molecular flexibility index (Phi) is 6.01. The molecule has 9 heteroatoms. The summed E-state index contributed by atoms with van der Waals surface area (Å²) < 4.78 is 7.10. The largest absolute Gasteiger partial charge is 0.495 e. The molecule has 168 valence electrons. The van der Waals surface area contributed by atoms with Gasteiger partial charge in [0.2, 0.25) is 0 Å². The van der Waals surface area contributed by atoms with E-state index in [9.17, 15) is 14.4 Å². The first-order chi connectivity index (χ1) is 15.7. The topological polar surface area (TPSA) is 80.6 Å². The van der Waals surface area contributed by atoms with Crippen LogP contribution in [-0.4, -0.2) is 29.5 Å². The molecule has 1 N–H and O–H groups in total. The zero-order valence-electron chi connectivity index (χ0n) is 18.0. The quantitative estimate of drug-likeness (QED) is 0.414. The number of nitrogens with one attached hydrogen (secondary N) is 1. The molecule has 1 fully saturated rings. The molecule has 2 aromatic carbocycles. The summed E-state index contributed by atoms with van der Waals surface area (Å²) in [6.07, 6.45) is 1.48. The number of ether oxygens (including phenoxy) is 1. The number of anilines is 1. The second-order valence-electron chi connectivity index (χ2n) is 7.41. The Morgan fingerprint density at radius 2 is 1.61 bits per heavy atom. The molecule has 0 unspecified atom stereocenters. The van der Waals surface area contributed by atoms with Crippen LogP contribution in [0, 0.1) is 13.8 Å². The molecule has 0 spiro atoms. The number of hydrogen-bond acceptors (Lipinski definition) is 4. The molecular weight excluding hydrogens is 465 g/mol. The number of carbonyl (C=O) groups excluding carboxylic acids is 3. The Hall–Kier alpha value is -3.55. The maximum atomic E-state index is 13.2. The Bertz CT molecular complexity index is 1330. The lowest BCUT2D eigenvalue weighted by molar-refractivity contribution is -0.122. The van der Waals surface area contributed by atoms with Gasteiger partial charge in [0.25, 0.3) is 11.8 Å². The first kappa shape index (κ1) is 22.6. The maximum absolute atomic E-state index is 13.2. The number of hydrogen-bond donors (Lipinski definition) is 1. The van der Waals surface area contributed by atoms with Crippen molar-refractivity contribution in [3.63, 3.8) is 0 Å². The van der Waals surface area contributed by atoms with Crippen LogP contribution in [0.4, 0.5) is 10.5 Å². The van der Waals surface area contributed by atoms with Crippen LogP contribution >= 0.6 is 23.2 Å². The highest BCUT2D eigenvalue weighted by Crippen LogP contribution is 2.31. The average molecular weight is 484 g/mol. The fourth-order valence-electron chi connectivity index (χ4n) is 3.76. The number of barbiturate groups is 1. The number of benzene rings is 2. The van der Waals surface area contributed by atoms with Gasteiger partial charge in [0.1, 0.15) is 11.3 Å². The molecule has 2 heterocycles. The van der Waals surface area contributed by atoms with Crippen molar-refractivity contribution in [3.8, 4) is 11.4 Å². The number of halogens is 2. The van der Waals surface area contributed by atoms with Gasteiger partial charge in [-0.05, 0) is 74.0 Å². The van der Waals surface area contributed by atoms with Crippen LogP contribution in [0.2, 0.25) is 10.0 Å². The zero-order valence-corrected chi connectivity index (χ0v) is 19.5. The number of amides is 4. The molecule has 4 rings (SSSR count). The minimum atomic E-state index is -0.852. The monoisotopic (exact) mass is 483 g/mol. The second kappa shape index (κ2) is 8.77. The molecular formula is C24H19Cl2N3O4. The van der Waals surface area contributed by atoms with Crippen LogP contribution < -0.4 is 15.0 Å². The predicted molar refractivity (Wildman–Crippen MR) is 127 cm³/mol. The number of imide groups is 2. The van der Waals surface area contributed by atoms with Gasteiger partial charge in [-0.15, -0.1) is 0 Å². The van der Waals surface area contributed by atoms with Crippen LogP contribution in [0.5, 0.6) is 5.75 Å². The number of rotatable bonds is 4. The number of carbonyl (C=O) groups is 3. The van der Waals surface area contributed by atoms with Gasteiger partial charge in [0, 0.05) is 22.1 Å². The lowest BCUT2D eigenvalue weighted by Gasteiger charge is -2.26. The van der Waals surface area contributed by atoms with Crippen LogP contribution in [-0.2, 0) is 9.59 Å². The maximum Gasteiger partial charge on any atom is 0.335 e. The fraction of sp³-hybridized carbons (Fsp3) is 0.125. The summed E-state index contributed by atoms with van der Waals surface area (Å²) in [6.45, 7) is 3.80. The van der Waals surface area contributed by atoms with E-state index in [0.29, 0.717) is 16.3 Å². The first-order valence-corrected chi connectivity index (χ1v) is 10.7. The Morgan fingerprint density at radius 3 is 2.24 bits per heavy atom. The lowest BCUT2D eigenvalue weighted by atomic mass is 10.1. The van der Waals surface area contributed by atoms with Gasteiger partial charge in [-0.25, -0.2) is 9.69 Å². The van der Waals surface area contributed by atoms with Gasteiger partial charge in [-0.2, -0.15) is 0 Å². The molecule has 1 aliphatic rings. The molecule has 1 aliphatic heterocycles. The number of methoxy groups -OCH3 is 1. The van der Waals surface area contributed by atoms with Crippen LogP contribution in [0.25, 0.3) is 11.8 Å². The van der Waals surface area contributed by atoms with Gasteiger partial charge in [-0.1, -0.05) is 23.2 Å². The smallest absolute Gasteiger partial charge is 0.335 e. The van der Waals surface area contributed by atoms with Gasteiger partial charge >= 0.3 is 6.03 Å². The van der Waals surface area contributed by atoms with E-state index in [1.165, 1.54) is 31.4 Å². The van der Waals surface area contributed by atoms with E-state index >= 15 is 0 Å². The first-order valence-electron chi connectivity index (χ1n) is 9.91. The zero-order chi connectivity index (χ0) is 23.9. The number of urea groups is 1. The summed E-state index contributed by atoms with van der Waals surface area (Å²) in [5.41, 5.74) is 3.33. The fourth-order valence-corrected chi connectivity index (χ4v) is 4.14. The van der Waals surface area contributed by atoms with E-state index in [4.69, 9.17) is 27.9 Å². The molecule has 0 radical (unpaired) electrons. The van der Waals surface area contributed by atoms with Gasteiger partial charge in [0.05, 0.1) is 17.8 Å². The van der Waals surface area contributed by atoms with Crippen molar-refractivity contribution in [1.82, 2.24) is 9.88 Å². The molecule has 1 saturated heterocycles. The summed E-state index contributed by atoms with van der Waals surface area (Å²) in [5.74, 6) is -1.12. The van der Waals surface area contributed by atoms with Crippen LogP contribution in [0.15, 0.2) is 54.1 Å². The van der Waals surface area contributed by atoms with E-state index in [0.717, 1.165) is 22.0 Å². The standard InChI is InChI=1S/C24H19Cl2N3O4/c1-13-10-15(14(2)28(13)17-6-4-16(25)5-7-17)11-19-22(30)27-24(32)29(23(19)31)18-8-9-21(33-3)20(26)12-18/h4-12H,1-3H3,(H,27,30,32)/b19-11-.